The topological polar surface area (TPSA) is 84.3 Å². The van der Waals surface area contributed by atoms with Crippen molar-refractivity contribution >= 4 is 15.9 Å². The molecule has 1 aliphatic rings. The van der Waals surface area contributed by atoms with Gasteiger partial charge in [0.15, 0.2) is 0 Å². The Morgan fingerprint density at radius 3 is 2.39 bits per heavy atom. The molecule has 8 heteroatoms. The maximum Gasteiger partial charge on any atom is 0.252 e. The Morgan fingerprint density at radius 2 is 1.76 bits per heavy atom. The van der Waals surface area contributed by atoms with Gasteiger partial charge in [-0.3, -0.25) is 4.79 Å². The second kappa shape index (κ2) is 9.49. The predicted octanol–water partition coefficient (Wildman–Crippen LogP) is 3.61. The molecule has 0 aliphatic carbocycles. The summed E-state index contributed by atoms with van der Waals surface area (Å²) in [5.41, 5.74) is 1.18. The number of benzene rings is 2. The summed E-state index contributed by atoms with van der Waals surface area (Å²) in [6.07, 6.45) is 4.53. The molecule has 0 radical (unpaired) electrons. The first-order chi connectivity index (χ1) is 15.8. The molecule has 4 rings (SSSR count). The Bertz CT molecular complexity index is 1210. The van der Waals surface area contributed by atoms with Crippen LogP contribution in [0.5, 0.6) is 0 Å². The molecule has 0 saturated carbocycles. The number of carbonyl (C=O) groups excluding carboxylic acids is 1. The molecular weight excluding hydrogens is 436 g/mol. The normalized spacial score (nSPS) is 20.3. The maximum atomic E-state index is 13.3. The highest BCUT2D eigenvalue weighted by molar-refractivity contribution is 7.89. The third kappa shape index (κ3) is 5.02. The first-order valence-electron chi connectivity index (χ1n) is 11.2. The third-order valence-corrected chi connectivity index (χ3v) is 7.92. The van der Waals surface area contributed by atoms with Crippen molar-refractivity contribution in [3.8, 4) is 0 Å². The van der Waals surface area contributed by atoms with Crippen LogP contribution in [0.15, 0.2) is 71.9 Å². The fraction of sp³-hybridized carbons (Fsp3) is 0.360. The van der Waals surface area contributed by atoms with Crippen molar-refractivity contribution in [1.82, 2.24) is 19.2 Å². The summed E-state index contributed by atoms with van der Waals surface area (Å²) in [5, 5.41) is 3.03. The Kier molecular flexibility index (Phi) is 6.67. The molecule has 3 atom stereocenters. The molecule has 1 N–H and O–H groups in total. The van der Waals surface area contributed by atoms with Crippen molar-refractivity contribution < 1.29 is 13.2 Å². The van der Waals surface area contributed by atoms with Gasteiger partial charge in [-0.2, -0.15) is 4.31 Å². The highest BCUT2D eigenvalue weighted by atomic mass is 32.2. The average Bonchev–Trinajstić information content (AvgIpc) is 3.23. The Hall–Kier alpha value is -2.97. The van der Waals surface area contributed by atoms with E-state index in [9.17, 15) is 13.2 Å². The van der Waals surface area contributed by atoms with Gasteiger partial charge in [0.25, 0.3) is 5.91 Å². The van der Waals surface area contributed by atoms with Gasteiger partial charge in [0.05, 0.1) is 4.90 Å². The van der Waals surface area contributed by atoms with Gasteiger partial charge >= 0.3 is 0 Å². The van der Waals surface area contributed by atoms with Crippen LogP contribution >= 0.6 is 0 Å². The van der Waals surface area contributed by atoms with Crippen LogP contribution in [0.3, 0.4) is 0 Å². The Labute approximate surface area is 195 Å². The molecule has 33 heavy (non-hydrogen) atoms. The van der Waals surface area contributed by atoms with Gasteiger partial charge in [-0.05, 0) is 42.0 Å². The number of rotatable bonds is 6. The molecule has 1 amide bonds. The lowest BCUT2D eigenvalue weighted by atomic mass is 9.94. The second-order valence-electron chi connectivity index (χ2n) is 9.01. The van der Waals surface area contributed by atoms with E-state index in [2.05, 4.69) is 24.1 Å². The standard InChI is InChI=1S/C25H30N4O3S/c1-18-14-19(2)17-29(16-18)33(31,32)22-11-7-10-21(15-22)25(30)27-23(20-8-5-4-6-9-20)24-26-12-13-28(24)3/h4-13,15,18-19,23H,14,16-17H2,1-3H3,(H,27,30)/t18-,19-,23+/m1/s1. The number of imidazole rings is 1. The van der Waals surface area contributed by atoms with E-state index in [0.717, 1.165) is 12.0 Å². The molecule has 2 heterocycles. The number of piperidine rings is 1. The van der Waals surface area contributed by atoms with Crippen LogP contribution in [0.4, 0.5) is 0 Å². The first-order valence-corrected chi connectivity index (χ1v) is 12.6. The molecular formula is C25H30N4O3S. The van der Waals surface area contributed by atoms with Gasteiger partial charge in [-0.1, -0.05) is 50.2 Å². The minimum atomic E-state index is -3.68. The minimum absolute atomic E-state index is 0.143. The van der Waals surface area contributed by atoms with E-state index in [1.807, 2.05) is 48.1 Å². The lowest BCUT2D eigenvalue weighted by Gasteiger charge is -2.34. The summed E-state index contributed by atoms with van der Waals surface area (Å²) < 4.78 is 30.0. The number of carbonyl (C=O) groups is 1. The van der Waals surface area contributed by atoms with Gasteiger partial charge in [0, 0.05) is 38.1 Å². The minimum Gasteiger partial charge on any atom is -0.338 e. The zero-order chi connectivity index (χ0) is 23.6. The van der Waals surface area contributed by atoms with Crippen LogP contribution in [0.2, 0.25) is 0 Å². The van der Waals surface area contributed by atoms with E-state index in [1.165, 1.54) is 6.07 Å². The zero-order valence-electron chi connectivity index (χ0n) is 19.2. The molecule has 1 saturated heterocycles. The average molecular weight is 467 g/mol. The highest BCUT2D eigenvalue weighted by Gasteiger charge is 2.32. The van der Waals surface area contributed by atoms with Crippen molar-refractivity contribution in [2.24, 2.45) is 18.9 Å². The molecule has 1 aromatic heterocycles. The smallest absolute Gasteiger partial charge is 0.252 e. The number of aromatic nitrogens is 2. The molecule has 1 aliphatic heterocycles. The molecule has 7 nitrogen and oxygen atoms in total. The molecule has 1 fully saturated rings. The van der Waals surface area contributed by atoms with Crippen molar-refractivity contribution in [3.05, 3.63) is 83.9 Å². The van der Waals surface area contributed by atoms with Crippen molar-refractivity contribution in [1.29, 1.82) is 0 Å². The number of amides is 1. The second-order valence-corrected chi connectivity index (χ2v) is 10.9. The van der Waals surface area contributed by atoms with Crippen LogP contribution in [0.1, 0.15) is 48.1 Å². The summed E-state index contributed by atoms with van der Waals surface area (Å²) in [5.74, 6) is 0.942. The van der Waals surface area contributed by atoms with E-state index in [0.29, 0.717) is 36.3 Å². The number of nitrogens with one attached hydrogen (secondary N) is 1. The van der Waals surface area contributed by atoms with Crippen LogP contribution in [-0.2, 0) is 17.1 Å². The number of nitrogens with zero attached hydrogens (tertiary/aromatic N) is 3. The van der Waals surface area contributed by atoms with Crippen LogP contribution < -0.4 is 5.32 Å². The molecule has 3 aromatic rings. The van der Waals surface area contributed by atoms with Gasteiger partial charge < -0.3 is 9.88 Å². The Morgan fingerprint density at radius 1 is 1.06 bits per heavy atom. The summed E-state index contributed by atoms with van der Waals surface area (Å²) in [7, 11) is -1.80. The van der Waals surface area contributed by atoms with E-state index in [4.69, 9.17) is 0 Å². The first kappa shape index (κ1) is 23.2. The highest BCUT2D eigenvalue weighted by Crippen LogP contribution is 2.27. The van der Waals surface area contributed by atoms with Gasteiger partial charge in [0.1, 0.15) is 11.9 Å². The largest absolute Gasteiger partial charge is 0.338 e. The fourth-order valence-electron chi connectivity index (χ4n) is 4.56. The molecule has 0 unspecified atom stereocenters. The van der Waals surface area contributed by atoms with Crippen molar-refractivity contribution in [2.45, 2.75) is 31.2 Å². The van der Waals surface area contributed by atoms with Crippen molar-refractivity contribution in [2.75, 3.05) is 13.1 Å². The number of aryl methyl sites for hydroxylation is 1. The van der Waals surface area contributed by atoms with Crippen LogP contribution in [0, 0.1) is 11.8 Å². The van der Waals surface area contributed by atoms with E-state index in [1.54, 1.807) is 28.7 Å². The van der Waals surface area contributed by atoms with E-state index in [-0.39, 0.29) is 10.8 Å². The Balaban J connectivity index is 1.61. The van der Waals surface area contributed by atoms with Gasteiger partial charge in [0.2, 0.25) is 10.0 Å². The summed E-state index contributed by atoms with van der Waals surface area (Å²) in [4.78, 5) is 17.8. The molecule has 0 bridgehead atoms. The lowest BCUT2D eigenvalue weighted by Crippen LogP contribution is -2.42. The third-order valence-electron chi connectivity index (χ3n) is 6.09. The lowest BCUT2D eigenvalue weighted by molar-refractivity contribution is 0.0941. The van der Waals surface area contributed by atoms with Crippen LogP contribution in [0.25, 0.3) is 0 Å². The SMILES string of the molecule is C[C@@H]1C[C@@H](C)CN(S(=O)(=O)c2cccc(C(=O)N[C@@H](c3ccccc3)c3nccn3C)c2)C1. The molecule has 2 aromatic carbocycles. The van der Waals surface area contributed by atoms with Crippen LogP contribution in [-0.4, -0.2) is 41.3 Å². The number of hydrogen-bond acceptors (Lipinski definition) is 4. The van der Waals surface area contributed by atoms with Gasteiger partial charge in [-0.25, -0.2) is 13.4 Å². The fourth-order valence-corrected chi connectivity index (χ4v) is 6.29. The quantitative estimate of drug-likeness (QED) is 0.602. The predicted molar refractivity (Wildman–Crippen MR) is 127 cm³/mol. The van der Waals surface area contributed by atoms with E-state index < -0.39 is 16.1 Å². The number of sulfonamides is 1. The maximum absolute atomic E-state index is 13.3. The zero-order valence-corrected chi connectivity index (χ0v) is 20.0. The summed E-state index contributed by atoms with van der Waals surface area (Å²) in [6, 6.07) is 15.4. The summed E-state index contributed by atoms with van der Waals surface area (Å²) >= 11 is 0. The molecule has 0 spiro atoms. The monoisotopic (exact) mass is 466 g/mol. The van der Waals surface area contributed by atoms with Gasteiger partial charge in [-0.15, -0.1) is 0 Å². The summed E-state index contributed by atoms with van der Waals surface area (Å²) in [6.45, 7) is 5.14. The van der Waals surface area contributed by atoms with Crippen molar-refractivity contribution in [3.63, 3.8) is 0 Å². The van der Waals surface area contributed by atoms with E-state index >= 15 is 0 Å². The molecule has 174 valence electrons. The number of hydrogen-bond donors (Lipinski definition) is 1.